The van der Waals surface area contributed by atoms with Crippen LogP contribution in [-0.4, -0.2) is 65.7 Å². The van der Waals surface area contributed by atoms with E-state index in [1.165, 1.54) is 0 Å². The molecule has 0 aliphatic rings. The fourth-order valence-corrected chi connectivity index (χ4v) is 2.41. The van der Waals surface area contributed by atoms with Crippen molar-refractivity contribution in [1.29, 1.82) is 0 Å². The van der Waals surface area contributed by atoms with Gasteiger partial charge in [-0.25, -0.2) is 0 Å². The van der Waals surface area contributed by atoms with Crippen LogP contribution in [0.2, 0.25) is 0 Å². The first-order valence-corrected chi connectivity index (χ1v) is 7.44. The van der Waals surface area contributed by atoms with Gasteiger partial charge in [0, 0.05) is 25.2 Å². The molecular formula is C15H27NO6. The number of carbonyl (C=O) groups is 3. The van der Waals surface area contributed by atoms with Crippen LogP contribution >= 0.6 is 0 Å². The lowest BCUT2D eigenvalue weighted by molar-refractivity contribution is -0.875. The summed E-state index contributed by atoms with van der Waals surface area (Å²) in [6, 6.07) is 0. The molecule has 0 radical (unpaired) electrons. The summed E-state index contributed by atoms with van der Waals surface area (Å²) in [6.45, 7) is -0.00116. The van der Waals surface area contributed by atoms with Crippen LogP contribution in [0.3, 0.4) is 0 Å². The van der Waals surface area contributed by atoms with Crippen LogP contribution < -0.4 is 5.11 Å². The third-order valence-corrected chi connectivity index (χ3v) is 3.24. The molecule has 1 unspecified atom stereocenters. The van der Waals surface area contributed by atoms with Crippen LogP contribution in [0.25, 0.3) is 0 Å². The largest absolute Gasteiger partial charge is 0.550 e. The number of Topliss-reactive ketones (excluding diaryl/α,β-unsaturated/α-hetero) is 1. The third-order valence-electron chi connectivity index (χ3n) is 3.24. The number of rotatable bonds is 12. The summed E-state index contributed by atoms with van der Waals surface area (Å²) in [4.78, 5) is 33.3. The van der Waals surface area contributed by atoms with Crippen molar-refractivity contribution in [2.75, 3.05) is 27.7 Å². The van der Waals surface area contributed by atoms with Crippen molar-refractivity contribution in [3.63, 3.8) is 0 Å². The predicted octanol–water partition coefficient (Wildman–Crippen LogP) is -0.442. The van der Waals surface area contributed by atoms with Crippen molar-refractivity contribution in [2.45, 2.75) is 50.5 Å². The molecule has 0 saturated heterocycles. The van der Waals surface area contributed by atoms with E-state index >= 15 is 0 Å². The van der Waals surface area contributed by atoms with E-state index in [1.54, 1.807) is 21.1 Å². The van der Waals surface area contributed by atoms with Crippen LogP contribution in [-0.2, 0) is 14.4 Å². The molecule has 7 heteroatoms. The zero-order valence-corrected chi connectivity index (χ0v) is 13.6. The van der Waals surface area contributed by atoms with Crippen molar-refractivity contribution in [3.05, 3.63) is 0 Å². The number of carboxylic acid groups (broad SMARTS) is 2. The number of hydrogen-bond donors (Lipinski definition) is 2. The van der Waals surface area contributed by atoms with Gasteiger partial charge >= 0.3 is 5.97 Å². The van der Waals surface area contributed by atoms with E-state index in [0.29, 0.717) is 25.7 Å². The van der Waals surface area contributed by atoms with E-state index in [2.05, 4.69) is 0 Å². The standard InChI is InChI=1S/C15H27NO6/c1-16(2,3)11-15(22,10-14(20)21)12(17)8-6-4-5-7-9-13(18)19/h22H,4-11H2,1-3H3,(H-,18,19,20,21). The second kappa shape index (κ2) is 8.85. The lowest BCUT2D eigenvalue weighted by atomic mass is 9.89. The molecule has 0 aliphatic heterocycles. The number of unbranched alkanes of at least 4 members (excludes halogenated alkanes) is 3. The fraction of sp³-hybridized carbons (Fsp3) is 0.800. The zero-order valence-electron chi connectivity index (χ0n) is 13.6. The first-order valence-electron chi connectivity index (χ1n) is 7.44. The van der Waals surface area contributed by atoms with Gasteiger partial charge in [0.15, 0.2) is 11.4 Å². The van der Waals surface area contributed by atoms with Gasteiger partial charge in [-0.05, 0) is 12.8 Å². The zero-order chi connectivity index (χ0) is 17.4. The van der Waals surface area contributed by atoms with E-state index < -0.39 is 29.7 Å². The molecule has 0 fully saturated rings. The number of likely N-dealkylation sites (N-methyl/N-ethyl adjacent to an activating group) is 1. The van der Waals surface area contributed by atoms with Gasteiger partial charge in [0.1, 0.15) is 6.54 Å². The molecule has 2 N–H and O–H groups in total. The average Bonchev–Trinajstić information content (AvgIpc) is 2.29. The number of nitrogens with zero attached hydrogens (tertiary/aromatic N) is 1. The normalized spacial score (nSPS) is 14.4. The summed E-state index contributed by atoms with van der Waals surface area (Å²) in [5.41, 5.74) is -1.92. The minimum atomic E-state index is -1.92. The number of quaternary nitrogens is 1. The number of aliphatic carboxylic acids is 2. The Morgan fingerprint density at radius 2 is 1.50 bits per heavy atom. The highest BCUT2D eigenvalue weighted by Gasteiger charge is 2.40. The molecule has 0 aromatic heterocycles. The Hall–Kier alpha value is -1.47. The number of carboxylic acids is 2. The molecule has 0 aliphatic carbocycles. The van der Waals surface area contributed by atoms with Crippen molar-refractivity contribution < 1.29 is 34.2 Å². The molecule has 0 saturated carbocycles. The topological polar surface area (TPSA) is 115 Å². The summed E-state index contributed by atoms with van der Waals surface area (Å²) in [5.74, 6) is -2.80. The van der Waals surface area contributed by atoms with Gasteiger partial charge in [-0.15, -0.1) is 0 Å². The van der Waals surface area contributed by atoms with Gasteiger partial charge in [-0.2, -0.15) is 0 Å². The quantitative estimate of drug-likeness (QED) is 0.372. The summed E-state index contributed by atoms with van der Waals surface area (Å²) in [5, 5.41) is 29.7. The Kier molecular flexibility index (Phi) is 8.26. The van der Waals surface area contributed by atoms with Crippen molar-refractivity contribution in [2.24, 2.45) is 0 Å². The molecule has 0 rings (SSSR count). The number of hydrogen-bond acceptors (Lipinski definition) is 5. The second-order valence-electron chi connectivity index (χ2n) is 6.76. The molecule has 0 amide bonds. The van der Waals surface area contributed by atoms with Gasteiger partial charge in [-0.1, -0.05) is 12.8 Å². The van der Waals surface area contributed by atoms with Gasteiger partial charge in [0.25, 0.3) is 0 Å². The highest BCUT2D eigenvalue weighted by molar-refractivity contribution is 5.90. The summed E-state index contributed by atoms with van der Waals surface area (Å²) in [7, 11) is 5.29. The Morgan fingerprint density at radius 1 is 1.00 bits per heavy atom. The Labute approximate surface area is 131 Å². The Morgan fingerprint density at radius 3 is 1.91 bits per heavy atom. The first kappa shape index (κ1) is 20.5. The van der Waals surface area contributed by atoms with E-state index in [4.69, 9.17) is 5.11 Å². The molecule has 22 heavy (non-hydrogen) atoms. The van der Waals surface area contributed by atoms with Gasteiger partial charge in [0.2, 0.25) is 0 Å². The summed E-state index contributed by atoms with van der Waals surface area (Å²) < 4.78 is 0.258. The summed E-state index contributed by atoms with van der Waals surface area (Å²) >= 11 is 0. The van der Waals surface area contributed by atoms with Crippen molar-refractivity contribution in [3.8, 4) is 0 Å². The average molecular weight is 317 g/mol. The van der Waals surface area contributed by atoms with Gasteiger partial charge in [-0.3, -0.25) is 9.59 Å². The maximum absolute atomic E-state index is 12.2. The molecule has 128 valence electrons. The first-order chi connectivity index (χ1) is 9.96. The maximum atomic E-state index is 12.2. The van der Waals surface area contributed by atoms with E-state index in [0.717, 1.165) is 0 Å². The number of ketones is 1. The predicted molar refractivity (Wildman–Crippen MR) is 77.8 cm³/mol. The molecule has 0 aromatic rings. The minimum Gasteiger partial charge on any atom is -0.550 e. The second-order valence-corrected chi connectivity index (χ2v) is 6.76. The highest BCUT2D eigenvalue weighted by Crippen LogP contribution is 2.19. The van der Waals surface area contributed by atoms with Crippen LogP contribution in [0.15, 0.2) is 0 Å². The highest BCUT2D eigenvalue weighted by atomic mass is 16.4. The van der Waals surface area contributed by atoms with Crippen LogP contribution in [0.4, 0.5) is 0 Å². The van der Waals surface area contributed by atoms with Gasteiger partial charge < -0.3 is 24.6 Å². The summed E-state index contributed by atoms with van der Waals surface area (Å²) in [6.07, 6.45) is 1.89. The monoisotopic (exact) mass is 317 g/mol. The lowest BCUT2D eigenvalue weighted by Crippen LogP contribution is -2.56. The van der Waals surface area contributed by atoms with Crippen LogP contribution in [0.5, 0.6) is 0 Å². The van der Waals surface area contributed by atoms with E-state index in [9.17, 15) is 24.6 Å². The molecule has 0 aromatic carbocycles. The maximum Gasteiger partial charge on any atom is 0.303 e. The van der Waals surface area contributed by atoms with Crippen LogP contribution in [0, 0.1) is 0 Å². The SMILES string of the molecule is C[N+](C)(C)CC(O)(CC(=O)[O-])C(=O)CCCCCCC(=O)O. The fourth-order valence-electron chi connectivity index (χ4n) is 2.41. The minimum absolute atomic E-state index is 0.00116. The third kappa shape index (κ3) is 9.46. The number of aliphatic hydroxyl groups is 1. The molecular weight excluding hydrogens is 290 g/mol. The van der Waals surface area contributed by atoms with Crippen molar-refractivity contribution in [1.82, 2.24) is 0 Å². The van der Waals surface area contributed by atoms with Crippen molar-refractivity contribution >= 4 is 17.7 Å². The Balaban J connectivity index is 4.40. The van der Waals surface area contributed by atoms with Gasteiger partial charge in [0.05, 0.1) is 21.1 Å². The smallest absolute Gasteiger partial charge is 0.303 e. The lowest BCUT2D eigenvalue weighted by Gasteiger charge is -2.34. The van der Waals surface area contributed by atoms with E-state index in [-0.39, 0.29) is 23.9 Å². The Bertz CT molecular complexity index is 401. The molecule has 0 bridgehead atoms. The molecule has 0 heterocycles. The number of carbonyl (C=O) groups excluding carboxylic acids is 2. The molecule has 1 atom stereocenters. The molecule has 0 spiro atoms. The molecule has 7 nitrogen and oxygen atoms in total. The van der Waals surface area contributed by atoms with E-state index in [1.807, 2.05) is 0 Å². The van der Waals surface area contributed by atoms with Crippen LogP contribution in [0.1, 0.15) is 44.9 Å².